The van der Waals surface area contributed by atoms with Gasteiger partial charge in [0.05, 0.1) is 0 Å². The normalized spacial score (nSPS) is 11.4. The number of carbonyl (C=O) groups is 2. The third kappa shape index (κ3) is 4.66. The molecule has 0 unspecified atom stereocenters. The highest BCUT2D eigenvalue weighted by atomic mass is 19.3. The molecule has 3 heterocycles. The molecule has 2 amide bonds. The molecular weight excluding hydrogens is 446 g/mol. The number of hydrogen-bond acceptors (Lipinski definition) is 5. The second kappa shape index (κ2) is 8.68. The van der Waals surface area contributed by atoms with Crippen LogP contribution in [0.4, 0.5) is 28.9 Å². The number of hydrogen-bond donors (Lipinski definition) is 2. The van der Waals surface area contributed by atoms with Crippen LogP contribution in [-0.2, 0) is 7.05 Å². The van der Waals surface area contributed by atoms with Gasteiger partial charge in [0.15, 0.2) is 17.0 Å². The number of anilines is 2. The Bertz CT molecular complexity index is 1350. The molecule has 0 aliphatic carbocycles. The van der Waals surface area contributed by atoms with Gasteiger partial charge in [-0.3, -0.25) is 14.3 Å². The van der Waals surface area contributed by atoms with Crippen molar-refractivity contribution in [3.05, 3.63) is 71.4 Å². The van der Waals surface area contributed by atoms with E-state index in [-0.39, 0.29) is 22.7 Å². The fraction of sp³-hybridized carbons (Fsp3) is 0.150. The van der Waals surface area contributed by atoms with Crippen LogP contribution >= 0.6 is 0 Å². The summed E-state index contributed by atoms with van der Waals surface area (Å²) < 4.78 is 54.7. The minimum atomic E-state index is -3.11. The van der Waals surface area contributed by atoms with Gasteiger partial charge in [0.1, 0.15) is 11.4 Å². The van der Waals surface area contributed by atoms with Crippen LogP contribution in [0, 0.1) is 0 Å². The van der Waals surface area contributed by atoms with Gasteiger partial charge >= 0.3 is 0 Å². The fourth-order valence-corrected chi connectivity index (χ4v) is 3.00. The Morgan fingerprint density at radius 3 is 2.12 bits per heavy atom. The van der Waals surface area contributed by atoms with Crippen molar-refractivity contribution in [1.29, 1.82) is 0 Å². The van der Waals surface area contributed by atoms with Gasteiger partial charge in [0.2, 0.25) is 0 Å². The summed E-state index contributed by atoms with van der Waals surface area (Å²) in [7, 11) is 1.67. The van der Waals surface area contributed by atoms with Gasteiger partial charge in [-0.15, -0.1) is 0 Å². The first kappa shape index (κ1) is 21.9. The molecule has 33 heavy (non-hydrogen) atoms. The van der Waals surface area contributed by atoms with Gasteiger partial charge in [0, 0.05) is 30.7 Å². The zero-order chi connectivity index (χ0) is 23.7. The number of amides is 2. The third-order valence-electron chi connectivity index (χ3n) is 4.48. The highest BCUT2D eigenvalue weighted by molar-refractivity contribution is 6.05. The lowest BCUT2D eigenvalue weighted by Gasteiger charge is -2.07. The van der Waals surface area contributed by atoms with Crippen molar-refractivity contribution in [2.24, 2.45) is 7.05 Å². The van der Waals surface area contributed by atoms with Gasteiger partial charge in [-0.2, -0.15) is 10.2 Å². The molecular formula is C20H15F4N7O2. The molecule has 4 aromatic rings. The number of halogens is 4. The third-order valence-corrected chi connectivity index (χ3v) is 4.48. The molecule has 0 saturated heterocycles. The first-order chi connectivity index (χ1) is 15.7. The van der Waals surface area contributed by atoms with E-state index in [0.717, 1.165) is 6.07 Å². The van der Waals surface area contributed by atoms with Crippen molar-refractivity contribution < 1.29 is 27.2 Å². The molecule has 9 nitrogen and oxygen atoms in total. The topological polar surface area (TPSA) is 106 Å². The van der Waals surface area contributed by atoms with Gasteiger partial charge in [-0.05, 0) is 30.3 Å². The second-order valence-electron chi connectivity index (χ2n) is 6.87. The van der Waals surface area contributed by atoms with Crippen LogP contribution in [0.25, 0.3) is 5.65 Å². The van der Waals surface area contributed by atoms with Crippen LogP contribution in [-0.4, -0.2) is 36.2 Å². The summed E-state index contributed by atoms with van der Waals surface area (Å²) in [6.45, 7) is 0. The Labute approximate surface area is 183 Å². The van der Waals surface area contributed by atoms with Crippen LogP contribution in [0.3, 0.4) is 0 Å². The molecule has 0 radical (unpaired) electrons. The number of nitrogens with one attached hydrogen (secondary N) is 2. The molecule has 3 aromatic heterocycles. The lowest BCUT2D eigenvalue weighted by molar-refractivity contribution is 0.101. The van der Waals surface area contributed by atoms with E-state index in [9.17, 15) is 27.2 Å². The molecule has 0 bridgehead atoms. The van der Waals surface area contributed by atoms with E-state index in [4.69, 9.17) is 0 Å². The second-order valence-corrected chi connectivity index (χ2v) is 6.87. The summed E-state index contributed by atoms with van der Waals surface area (Å²) in [4.78, 5) is 28.4. The molecule has 4 rings (SSSR count). The molecule has 0 fully saturated rings. The first-order valence-electron chi connectivity index (χ1n) is 9.40. The number of fused-ring (bicyclic) bond motifs is 1. The summed E-state index contributed by atoms with van der Waals surface area (Å²) in [5.74, 6) is -1.24. The quantitative estimate of drug-likeness (QED) is 0.425. The summed E-state index contributed by atoms with van der Waals surface area (Å²) in [6.07, 6.45) is -4.56. The summed E-state index contributed by atoms with van der Waals surface area (Å²) >= 11 is 0. The fourth-order valence-electron chi connectivity index (χ4n) is 3.00. The largest absolute Gasteiger partial charge is 0.321 e. The Balaban J connectivity index is 1.55. The van der Waals surface area contributed by atoms with Crippen LogP contribution in [0.5, 0.6) is 0 Å². The van der Waals surface area contributed by atoms with Crippen LogP contribution < -0.4 is 10.6 Å². The predicted octanol–water partition coefficient (Wildman–Crippen LogP) is 3.84. The van der Waals surface area contributed by atoms with Gasteiger partial charge in [-0.25, -0.2) is 27.1 Å². The molecule has 0 aliphatic rings. The van der Waals surface area contributed by atoms with Crippen molar-refractivity contribution in [2.75, 3.05) is 10.6 Å². The van der Waals surface area contributed by atoms with Crippen LogP contribution in [0.1, 0.15) is 45.2 Å². The van der Waals surface area contributed by atoms with Gasteiger partial charge in [0.25, 0.3) is 24.7 Å². The smallest absolute Gasteiger partial charge is 0.280 e. The number of alkyl halides is 4. The Morgan fingerprint density at radius 2 is 1.55 bits per heavy atom. The van der Waals surface area contributed by atoms with E-state index in [1.165, 1.54) is 22.9 Å². The Kier molecular flexibility index (Phi) is 5.77. The Morgan fingerprint density at radius 1 is 0.879 bits per heavy atom. The highest BCUT2D eigenvalue weighted by Gasteiger charge is 2.22. The summed E-state index contributed by atoms with van der Waals surface area (Å²) in [6, 6.07) is 9.26. The minimum Gasteiger partial charge on any atom is -0.321 e. The average molecular weight is 461 g/mol. The van der Waals surface area contributed by atoms with Crippen LogP contribution in [0.2, 0.25) is 0 Å². The maximum Gasteiger partial charge on any atom is 0.280 e. The van der Waals surface area contributed by atoms with Crippen molar-refractivity contribution in [1.82, 2.24) is 24.4 Å². The van der Waals surface area contributed by atoms with Gasteiger partial charge in [-0.1, -0.05) is 6.07 Å². The molecule has 2 N–H and O–H groups in total. The molecule has 13 heteroatoms. The maximum absolute atomic E-state index is 13.3. The lowest BCUT2D eigenvalue weighted by Crippen LogP contribution is -2.15. The standard InChI is InChI=1S/C20H15F4N7O2/c1-30-6-5-12(28-30)19(32)25-10-3-2-4-11(7-10)26-20(33)14-9-16-27-13(17(21)22)8-15(18(23)24)31(16)29-14/h2-9,17-18H,1H3,(H,25,32)(H,26,33). The number of nitrogens with zero attached hydrogens (tertiary/aromatic N) is 5. The first-order valence-corrected chi connectivity index (χ1v) is 9.40. The predicted molar refractivity (Wildman–Crippen MR) is 108 cm³/mol. The molecule has 170 valence electrons. The van der Waals surface area contributed by atoms with E-state index >= 15 is 0 Å². The summed E-state index contributed by atoms with van der Waals surface area (Å²) in [5, 5.41) is 12.9. The van der Waals surface area contributed by atoms with Crippen molar-refractivity contribution >= 4 is 28.8 Å². The van der Waals surface area contributed by atoms with E-state index in [2.05, 4.69) is 25.8 Å². The maximum atomic E-state index is 13.3. The zero-order valence-corrected chi connectivity index (χ0v) is 16.8. The average Bonchev–Trinajstić information content (AvgIpc) is 3.39. The zero-order valence-electron chi connectivity index (χ0n) is 16.8. The SMILES string of the molecule is Cn1ccc(C(=O)Nc2cccc(NC(=O)c3cc4nc(C(F)F)cc(C(F)F)n4n3)c2)n1. The number of aryl methyl sites for hydroxylation is 1. The molecule has 0 saturated carbocycles. The van der Waals surface area contributed by atoms with Crippen LogP contribution in [0.15, 0.2) is 48.7 Å². The number of benzene rings is 1. The number of rotatable bonds is 6. The molecule has 0 atom stereocenters. The monoisotopic (exact) mass is 461 g/mol. The molecule has 0 spiro atoms. The minimum absolute atomic E-state index is 0.196. The summed E-state index contributed by atoms with van der Waals surface area (Å²) in [5.41, 5.74) is -1.45. The van der Waals surface area contributed by atoms with Crippen molar-refractivity contribution in [2.45, 2.75) is 12.9 Å². The van der Waals surface area contributed by atoms with Gasteiger partial charge < -0.3 is 10.6 Å². The Hall–Kier alpha value is -4.29. The van der Waals surface area contributed by atoms with E-state index < -0.39 is 36.1 Å². The lowest BCUT2D eigenvalue weighted by atomic mass is 10.2. The van der Waals surface area contributed by atoms with Crippen molar-refractivity contribution in [3.63, 3.8) is 0 Å². The van der Waals surface area contributed by atoms with E-state index in [1.54, 1.807) is 25.4 Å². The molecule has 1 aromatic carbocycles. The molecule has 0 aliphatic heterocycles. The van der Waals surface area contributed by atoms with E-state index in [1.807, 2.05) is 0 Å². The number of carbonyl (C=O) groups excluding carboxylic acids is 2. The number of aromatic nitrogens is 5. The van der Waals surface area contributed by atoms with Crippen molar-refractivity contribution in [3.8, 4) is 0 Å². The van der Waals surface area contributed by atoms with E-state index in [0.29, 0.717) is 16.3 Å². The highest BCUT2D eigenvalue weighted by Crippen LogP contribution is 2.25.